The number of para-hydroxylation sites is 1. The highest BCUT2D eigenvalue weighted by Crippen LogP contribution is 2.35. The van der Waals surface area contributed by atoms with E-state index in [1.807, 2.05) is 19.1 Å². The number of ether oxygens (including phenoxy) is 3. The second-order valence-corrected chi connectivity index (χ2v) is 11.6. The van der Waals surface area contributed by atoms with Crippen LogP contribution in [0.3, 0.4) is 0 Å². The third-order valence-electron chi connectivity index (χ3n) is 8.40. The van der Waals surface area contributed by atoms with Crippen LogP contribution in [0.2, 0.25) is 0 Å². The zero-order valence-corrected chi connectivity index (χ0v) is 25.2. The first-order valence-electron chi connectivity index (χ1n) is 14.9. The maximum Gasteiger partial charge on any atom is 0.255 e. The van der Waals surface area contributed by atoms with E-state index in [-0.39, 0.29) is 36.1 Å². The number of carbonyl (C=O) groups excluding carboxylic acids is 2. The van der Waals surface area contributed by atoms with Crippen molar-refractivity contribution in [3.05, 3.63) is 29.8 Å². The van der Waals surface area contributed by atoms with Gasteiger partial charge in [-0.15, -0.1) is 0 Å². The highest BCUT2D eigenvalue weighted by molar-refractivity contribution is 5.96. The predicted molar refractivity (Wildman–Crippen MR) is 157 cm³/mol. The molecular formula is C31H53N3O6. The largest absolute Gasteiger partial charge is 0.493 e. The minimum absolute atomic E-state index is 0.0397. The smallest absolute Gasteiger partial charge is 0.255 e. The van der Waals surface area contributed by atoms with E-state index >= 15 is 0 Å². The Labute approximate surface area is 240 Å². The Bertz CT molecular complexity index is 892. The summed E-state index contributed by atoms with van der Waals surface area (Å²) in [5.41, 5.74) is 5.95. The van der Waals surface area contributed by atoms with Gasteiger partial charge < -0.3 is 35.7 Å². The number of nitrogens with one attached hydrogen (secondary N) is 2. The number of amides is 2. The molecule has 0 bridgehead atoms. The molecule has 1 aliphatic carbocycles. The van der Waals surface area contributed by atoms with Gasteiger partial charge in [0.25, 0.3) is 11.8 Å². The number of aliphatic hydroxyl groups is 1. The van der Waals surface area contributed by atoms with E-state index in [0.717, 1.165) is 38.5 Å². The molecule has 0 aliphatic heterocycles. The molecule has 1 saturated carbocycles. The lowest BCUT2D eigenvalue weighted by Crippen LogP contribution is -2.54. The molecule has 9 heteroatoms. The molecule has 1 aromatic carbocycles. The highest BCUT2D eigenvalue weighted by Gasteiger charge is 2.42. The summed E-state index contributed by atoms with van der Waals surface area (Å²) in [4.78, 5) is 26.1. The molecule has 0 unspecified atom stereocenters. The Kier molecular flexibility index (Phi) is 14.9. The average Bonchev–Trinajstić information content (AvgIpc) is 2.97. The third kappa shape index (κ3) is 10.3. The van der Waals surface area contributed by atoms with Gasteiger partial charge in [-0.2, -0.15) is 0 Å². The lowest BCUT2D eigenvalue weighted by molar-refractivity contribution is -0.150. The van der Waals surface area contributed by atoms with Crippen LogP contribution in [0.15, 0.2) is 24.3 Å². The Morgan fingerprint density at radius 2 is 1.73 bits per heavy atom. The number of methoxy groups -OCH3 is 2. The average molecular weight is 564 g/mol. The minimum Gasteiger partial charge on any atom is -0.493 e. The quantitative estimate of drug-likeness (QED) is 0.200. The van der Waals surface area contributed by atoms with E-state index < -0.39 is 17.7 Å². The van der Waals surface area contributed by atoms with Crippen LogP contribution in [-0.4, -0.2) is 75.2 Å². The van der Waals surface area contributed by atoms with Gasteiger partial charge in [0.1, 0.15) is 11.4 Å². The topological polar surface area (TPSA) is 132 Å². The third-order valence-corrected chi connectivity index (χ3v) is 8.40. The number of aliphatic hydroxyl groups excluding tert-OH is 1. The van der Waals surface area contributed by atoms with Gasteiger partial charge >= 0.3 is 0 Å². The molecule has 5 N–H and O–H groups in total. The van der Waals surface area contributed by atoms with Crippen molar-refractivity contribution in [2.45, 2.75) is 89.9 Å². The molecule has 1 fully saturated rings. The van der Waals surface area contributed by atoms with Crippen molar-refractivity contribution in [3.63, 3.8) is 0 Å². The predicted octanol–water partition coefficient (Wildman–Crippen LogP) is 3.67. The fourth-order valence-corrected chi connectivity index (χ4v) is 5.35. The first-order valence-corrected chi connectivity index (χ1v) is 14.9. The van der Waals surface area contributed by atoms with Gasteiger partial charge in [0.05, 0.1) is 18.3 Å². The monoisotopic (exact) mass is 563 g/mol. The van der Waals surface area contributed by atoms with Crippen molar-refractivity contribution in [1.82, 2.24) is 10.6 Å². The van der Waals surface area contributed by atoms with E-state index in [1.54, 1.807) is 26.4 Å². The first-order chi connectivity index (χ1) is 19.1. The van der Waals surface area contributed by atoms with Gasteiger partial charge in [-0.05, 0) is 68.9 Å². The molecule has 1 aromatic rings. The molecule has 0 saturated heterocycles. The Hall–Kier alpha value is -2.20. The zero-order valence-electron chi connectivity index (χ0n) is 25.2. The molecule has 40 heavy (non-hydrogen) atoms. The summed E-state index contributed by atoms with van der Waals surface area (Å²) in [6, 6.07) is 6.66. The fraction of sp³-hybridized carbons (Fsp3) is 0.742. The second kappa shape index (κ2) is 17.6. The summed E-state index contributed by atoms with van der Waals surface area (Å²) >= 11 is 0. The molecule has 9 nitrogen and oxygen atoms in total. The molecule has 228 valence electrons. The van der Waals surface area contributed by atoms with Crippen molar-refractivity contribution >= 4 is 11.8 Å². The van der Waals surface area contributed by atoms with Crippen molar-refractivity contribution in [2.24, 2.45) is 23.5 Å². The highest BCUT2D eigenvalue weighted by atomic mass is 16.5. The molecule has 4 atom stereocenters. The molecule has 0 spiro atoms. The number of rotatable bonds is 18. The van der Waals surface area contributed by atoms with Gasteiger partial charge in [0.2, 0.25) is 0 Å². The lowest BCUT2D eigenvalue weighted by Gasteiger charge is -2.37. The molecule has 0 radical (unpaired) electrons. The van der Waals surface area contributed by atoms with Crippen LogP contribution in [0.4, 0.5) is 0 Å². The molecular weight excluding hydrogens is 510 g/mol. The van der Waals surface area contributed by atoms with Gasteiger partial charge in [-0.1, -0.05) is 45.2 Å². The number of hydrogen-bond donors (Lipinski definition) is 4. The minimum atomic E-state index is -0.918. The van der Waals surface area contributed by atoms with Crippen LogP contribution in [0, 0.1) is 17.8 Å². The van der Waals surface area contributed by atoms with E-state index in [0.29, 0.717) is 37.5 Å². The molecule has 1 aliphatic rings. The second-order valence-electron chi connectivity index (χ2n) is 11.6. The number of carbonyl (C=O) groups is 2. The summed E-state index contributed by atoms with van der Waals surface area (Å²) < 4.78 is 16.6. The molecule has 0 heterocycles. The number of benzene rings is 1. The van der Waals surface area contributed by atoms with Gasteiger partial charge in [0.15, 0.2) is 0 Å². The van der Waals surface area contributed by atoms with E-state index in [1.165, 1.54) is 6.42 Å². The summed E-state index contributed by atoms with van der Waals surface area (Å²) in [5, 5.41) is 16.7. The summed E-state index contributed by atoms with van der Waals surface area (Å²) in [7, 11) is 3.25. The van der Waals surface area contributed by atoms with Crippen LogP contribution in [0.25, 0.3) is 0 Å². The van der Waals surface area contributed by atoms with Crippen molar-refractivity contribution in [1.29, 1.82) is 0 Å². The molecule has 2 rings (SSSR count). The Balaban J connectivity index is 1.88. The summed E-state index contributed by atoms with van der Waals surface area (Å²) in [6.45, 7) is 7.64. The SMILES string of the molecule is COCCCCOc1ccccc1C(=O)NC[C@@H](C[C@H](N)[C@@H](O)CNC(=O)[C@](C)(OC)C1CCCCC1)C(C)C. The summed E-state index contributed by atoms with van der Waals surface area (Å²) in [6.07, 6.45) is 6.64. The van der Waals surface area contributed by atoms with Crippen LogP contribution in [0.5, 0.6) is 5.75 Å². The van der Waals surface area contributed by atoms with E-state index in [2.05, 4.69) is 24.5 Å². The van der Waals surface area contributed by atoms with Gasteiger partial charge in [-0.3, -0.25) is 9.59 Å². The van der Waals surface area contributed by atoms with Crippen LogP contribution >= 0.6 is 0 Å². The summed E-state index contributed by atoms with van der Waals surface area (Å²) in [5.74, 6) is 0.567. The maximum atomic E-state index is 13.1. The molecule has 0 aromatic heterocycles. The lowest BCUT2D eigenvalue weighted by atomic mass is 9.77. The van der Waals surface area contributed by atoms with Crippen LogP contribution in [-0.2, 0) is 14.3 Å². The van der Waals surface area contributed by atoms with Crippen molar-refractivity contribution in [3.8, 4) is 5.75 Å². The van der Waals surface area contributed by atoms with Gasteiger partial charge in [0, 0.05) is 40.0 Å². The number of nitrogens with two attached hydrogens (primary N) is 1. The first kappa shape index (κ1) is 34.0. The molecule has 2 amide bonds. The van der Waals surface area contributed by atoms with Crippen molar-refractivity contribution < 1.29 is 28.9 Å². The van der Waals surface area contributed by atoms with Crippen molar-refractivity contribution in [2.75, 3.05) is 40.5 Å². The standard InChI is InChI=1S/C31H53N3O6/c1-22(2)23(20-33-29(36)25-15-9-10-16-28(25)40-18-12-11-17-38-4)19-26(32)27(35)21-34-30(37)31(3,39-5)24-13-7-6-8-14-24/h9-10,15-16,22-24,26-27,35H,6-8,11-14,17-21,32H2,1-5H3,(H,33,36)(H,34,37)/t23-,26+,27+,31-/m1/s1. The maximum absolute atomic E-state index is 13.1. The normalized spacial score (nSPS) is 18.0. The van der Waals surface area contributed by atoms with Crippen LogP contribution in [0.1, 0.15) is 82.5 Å². The van der Waals surface area contributed by atoms with E-state index in [9.17, 15) is 14.7 Å². The Morgan fingerprint density at radius 3 is 2.38 bits per heavy atom. The van der Waals surface area contributed by atoms with Gasteiger partial charge in [-0.25, -0.2) is 0 Å². The number of hydrogen-bond acceptors (Lipinski definition) is 7. The Morgan fingerprint density at radius 1 is 1.05 bits per heavy atom. The number of unbranched alkanes of at least 4 members (excludes halogenated alkanes) is 1. The fourth-order valence-electron chi connectivity index (χ4n) is 5.35. The zero-order chi connectivity index (χ0) is 29.5. The van der Waals surface area contributed by atoms with Crippen LogP contribution < -0.4 is 21.1 Å². The van der Waals surface area contributed by atoms with E-state index in [4.69, 9.17) is 19.9 Å².